The summed E-state index contributed by atoms with van der Waals surface area (Å²) in [5.74, 6) is 1.20. The van der Waals surface area contributed by atoms with Crippen molar-refractivity contribution in [1.82, 2.24) is 4.98 Å². The number of hydrogen-bond acceptors (Lipinski definition) is 0. The van der Waals surface area contributed by atoms with Crippen molar-refractivity contribution in [2.75, 3.05) is 0 Å². The van der Waals surface area contributed by atoms with E-state index in [0.717, 1.165) is 6.42 Å². The number of allylic oxidation sites excluding steroid dienone is 1. The van der Waals surface area contributed by atoms with Gasteiger partial charge in [0.1, 0.15) is 11.9 Å². The molecule has 26 heavy (non-hydrogen) atoms. The highest BCUT2D eigenvalue weighted by atomic mass is 35.5. The van der Waals surface area contributed by atoms with E-state index in [9.17, 15) is 0 Å². The minimum absolute atomic E-state index is 0. The van der Waals surface area contributed by atoms with Crippen LogP contribution >= 0.6 is 0 Å². The molecule has 0 spiro atoms. The molecule has 0 atom stereocenters. The average Bonchev–Trinajstić information content (AvgIpc) is 2.95. The minimum atomic E-state index is 0. The molecule has 0 radical (unpaired) electrons. The third-order valence-corrected chi connectivity index (χ3v) is 4.20. The predicted molar refractivity (Wildman–Crippen MR) is 107 cm³/mol. The maximum Gasteiger partial charge on any atom is 0.250 e. The molecule has 0 unspecified atom stereocenters. The molecule has 1 N–H and O–H groups in total. The van der Waals surface area contributed by atoms with Gasteiger partial charge in [0.2, 0.25) is 0 Å². The molecular weight excluding hydrogens is 340 g/mol. The maximum atomic E-state index is 3.75. The summed E-state index contributed by atoms with van der Waals surface area (Å²) in [6.45, 7) is 7.87. The van der Waals surface area contributed by atoms with Crippen LogP contribution in [-0.2, 0) is 13.5 Å². The molecule has 3 heteroatoms. The molecule has 0 aliphatic carbocycles. The number of nitrogens with zero attached hydrogens (tertiary/aromatic N) is 1. The molecule has 2 nitrogen and oxygen atoms in total. The zero-order valence-corrected chi connectivity index (χ0v) is 16.5. The van der Waals surface area contributed by atoms with Crippen molar-refractivity contribution in [3.63, 3.8) is 0 Å². The van der Waals surface area contributed by atoms with Gasteiger partial charge in [-0.25, -0.2) is 9.55 Å². The lowest BCUT2D eigenvalue weighted by molar-refractivity contribution is -0.682. The van der Waals surface area contributed by atoms with Crippen LogP contribution in [0.1, 0.15) is 28.2 Å². The summed E-state index contributed by atoms with van der Waals surface area (Å²) in [5, 5.41) is 0. The van der Waals surface area contributed by atoms with E-state index in [-0.39, 0.29) is 12.4 Å². The molecule has 3 aromatic rings. The van der Waals surface area contributed by atoms with E-state index in [1.54, 1.807) is 0 Å². The van der Waals surface area contributed by atoms with Crippen molar-refractivity contribution >= 4 is 12.2 Å². The molecule has 2 aromatic carbocycles. The monoisotopic (exact) mass is 366 g/mol. The average molecular weight is 367 g/mol. The van der Waals surface area contributed by atoms with E-state index in [1.165, 1.54) is 28.2 Å². The fourth-order valence-electron chi connectivity index (χ4n) is 2.35. The number of aryl methyl sites for hydroxylation is 2. The number of aromatic amines is 1. The Morgan fingerprint density at radius 3 is 2.08 bits per heavy atom. The van der Waals surface area contributed by atoms with Crippen LogP contribution in [0.15, 0.2) is 73.4 Å². The van der Waals surface area contributed by atoms with Gasteiger partial charge in [0, 0.05) is 13.8 Å². The number of H-pyrrole nitrogens is 1. The smallest absolute Gasteiger partial charge is 0.250 e. The molecule has 0 saturated heterocycles. The Kier molecular flexibility index (Phi) is 9.18. The van der Waals surface area contributed by atoms with Crippen LogP contribution in [-0.4, -0.2) is 4.98 Å². The van der Waals surface area contributed by atoms with Gasteiger partial charge in [0.25, 0.3) is 5.82 Å². The third-order valence-electron chi connectivity index (χ3n) is 4.20. The summed E-state index contributed by atoms with van der Waals surface area (Å²) in [5.41, 5.74) is 5.00. The van der Waals surface area contributed by atoms with E-state index in [1.807, 2.05) is 32.3 Å². The molecule has 3 rings (SSSR count). The zero-order valence-electron chi connectivity index (χ0n) is 15.7. The molecule has 0 saturated carbocycles. The van der Waals surface area contributed by atoms with E-state index in [2.05, 4.69) is 83.7 Å². The van der Waals surface area contributed by atoms with Gasteiger partial charge in [-0.05, 0) is 23.1 Å². The first-order valence-electron chi connectivity index (χ1n) is 8.53. The van der Waals surface area contributed by atoms with Crippen LogP contribution in [0.3, 0.4) is 0 Å². The molecule has 0 aliphatic rings. The SMILES string of the molecule is C=Cc1ccc(CC=Cc2ccccc2)cc1.Cc1c[nH]c(C)[n+]1C.[Cl-]. The van der Waals surface area contributed by atoms with Crippen molar-refractivity contribution < 1.29 is 17.0 Å². The summed E-state index contributed by atoms with van der Waals surface area (Å²) in [7, 11) is 2.04. The first-order valence-corrected chi connectivity index (χ1v) is 8.53. The molecule has 0 fully saturated rings. The van der Waals surface area contributed by atoms with Crippen molar-refractivity contribution in [3.05, 3.63) is 102 Å². The summed E-state index contributed by atoms with van der Waals surface area (Å²) < 4.78 is 2.11. The Labute approximate surface area is 163 Å². The highest BCUT2D eigenvalue weighted by Crippen LogP contribution is 2.08. The lowest BCUT2D eigenvalue weighted by Crippen LogP contribution is -3.00. The van der Waals surface area contributed by atoms with Crippen molar-refractivity contribution in [2.45, 2.75) is 20.3 Å². The predicted octanol–water partition coefficient (Wildman–Crippen LogP) is 2.05. The Morgan fingerprint density at radius 2 is 1.62 bits per heavy atom. The number of nitrogens with one attached hydrogen (secondary N) is 1. The Hall–Kier alpha value is -2.58. The third kappa shape index (κ3) is 6.73. The number of rotatable bonds is 4. The lowest BCUT2D eigenvalue weighted by Gasteiger charge is -1.97. The molecular formula is C23H27ClN2. The van der Waals surface area contributed by atoms with E-state index < -0.39 is 0 Å². The first kappa shape index (κ1) is 21.5. The van der Waals surface area contributed by atoms with Crippen LogP contribution in [0.4, 0.5) is 0 Å². The topological polar surface area (TPSA) is 19.7 Å². The van der Waals surface area contributed by atoms with Gasteiger partial charge < -0.3 is 12.4 Å². The van der Waals surface area contributed by atoms with Crippen molar-refractivity contribution in [1.29, 1.82) is 0 Å². The highest BCUT2D eigenvalue weighted by molar-refractivity contribution is 5.50. The number of hydrogen-bond donors (Lipinski definition) is 1. The molecule has 1 heterocycles. The van der Waals surface area contributed by atoms with E-state index >= 15 is 0 Å². The Bertz CT molecular complexity index is 796. The van der Waals surface area contributed by atoms with Gasteiger partial charge in [0.15, 0.2) is 0 Å². The standard InChI is InChI=1S/C17H16.C6H10N2.ClH/c1-2-15-11-13-17(14-12-15)10-6-9-16-7-4-3-5-8-16;1-5-4-7-6(2)8(5)3;/h2-9,11-14H,1,10H2;4H,1-3H3;1H. The lowest BCUT2D eigenvalue weighted by atomic mass is 10.1. The van der Waals surface area contributed by atoms with Gasteiger partial charge in [-0.2, -0.15) is 0 Å². The molecule has 136 valence electrons. The fourth-order valence-corrected chi connectivity index (χ4v) is 2.35. The van der Waals surface area contributed by atoms with Crippen LogP contribution in [0.2, 0.25) is 0 Å². The first-order chi connectivity index (χ1) is 12.1. The minimum Gasteiger partial charge on any atom is -1.00 e. The van der Waals surface area contributed by atoms with Gasteiger partial charge in [-0.1, -0.05) is 79.4 Å². The summed E-state index contributed by atoms with van der Waals surface area (Å²) in [4.78, 5) is 3.10. The second-order valence-corrected chi connectivity index (χ2v) is 6.04. The second-order valence-electron chi connectivity index (χ2n) is 6.04. The largest absolute Gasteiger partial charge is 1.00 e. The summed E-state index contributed by atoms with van der Waals surface area (Å²) in [6, 6.07) is 18.8. The van der Waals surface area contributed by atoms with Gasteiger partial charge in [-0.15, -0.1) is 0 Å². The summed E-state index contributed by atoms with van der Waals surface area (Å²) >= 11 is 0. The van der Waals surface area contributed by atoms with Crippen molar-refractivity contribution in [3.8, 4) is 0 Å². The number of halogens is 1. The molecule has 0 amide bonds. The normalized spacial score (nSPS) is 9.96. The Morgan fingerprint density at radius 1 is 0.962 bits per heavy atom. The number of imidazole rings is 1. The van der Waals surface area contributed by atoms with Gasteiger partial charge in [0.05, 0.1) is 7.05 Å². The van der Waals surface area contributed by atoms with Gasteiger partial charge in [-0.3, -0.25) is 0 Å². The van der Waals surface area contributed by atoms with Crippen LogP contribution in [0.5, 0.6) is 0 Å². The quantitative estimate of drug-likeness (QED) is 0.682. The van der Waals surface area contributed by atoms with Gasteiger partial charge >= 0.3 is 0 Å². The second kappa shape index (κ2) is 11.1. The maximum absolute atomic E-state index is 3.75. The zero-order chi connectivity index (χ0) is 18.1. The van der Waals surface area contributed by atoms with E-state index in [0.29, 0.717) is 0 Å². The van der Waals surface area contributed by atoms with E-state index in [4.69, 9.17) is 0 Å². The van der Waals surface area contributed by atoms with Crippen LogP contribution < -0.4 is 17.0 Å². The number of aromatic nitrogens is 2. The van der Waals surface area contributed by atoms with Crippen LogP contribution in [0.25, 0.3) is 12.2 Å². The number of benzene rings is 2. The molecule has 1 aromatic heterocycles. The molecule has 0 bridgehead atoms. The van der Waals surface area contributed by atoms with Crippen LogP contribution in [0, 0.1) is 13.8 Å². The summed E-state index contributed by atoms with van der Waals surface area (Å²) in [6.07, 6.45) is 9.17. The molecule has 0 aliphatic heterocycles. The van der Waals surface area contributed by atoms with Crippen molar-refractivity contribution in [2.24, 2.45) is 7.05 Å². The highest BCUT2D eigenvalue weighted by Gasteiger charge is 2.01. The Balaban J connectivity index is 0.000000318. The fraction of sp³-hybridized carbons (Fsp3) is 0.174.